The van der Waals surface area contributed by atoms with Crippen LogP contribution in [-0.2, 0) is 9.59 Å². The molecule has 0 bridgehead atoms. The SMILES string of the molecule is C=CC(=O)NCCC(=O)NCCOc1ccc(C(C)C)cc1. The number of ether oxygens (including phenoxy) is 1. The number of benzene rings is 1. The smallest absolute Gasteiger partial charge is 0.243 e. The minimum absolute atomic E-state index is 0.122. The minimum atomic E-state index is -0.277. The summed E-state index contributed by atoms with van der Waals surface area (Å²) in [6.07, 6.45) is 1.42. The second-order valence-electron chi connectivity index (χ2n) is 5.17. The van der Waals surface area contributed by atoms with Gasteiger partial charge in [-0.05, 0) is 29.7 Å². The Bertz CT molecular complexity index is 495. The third-order valence-corrected chi connectivity index (χ3v) is 3.08. The lowest BCUT2D eigenvalue weighted by atomic mass is 10.0. The fourth-order valence-corrected chi connectivity index (χ4v) is 1.77. The molecule has 0 aromatic heterocycles. The van der Waals surface area contributed by atoms with Crippen LogP contribution in [0, 0.1) is 0 Å². The zero-order valence-electron chi connectivity index (χ0n) is 13.2. The van der Waals surface area contributed by atoms with Gasteiger partial charge in [0.2, 0.25) is 11.8 Å². The van der Waals surface area contributed by atoms with Gasteiger partial charge in [-0.15, -0.1) is 0 Å². The predicted molar refractivity (Wildman–Crippen MR) is 86.9 cm³/mol. The van der Waals surface area contributed by atoms with Crippen LogP contribution in [0.2, 0.25) is 0 Å². The average molecular weight is 304 g/mol. The molecule has 2 N–H and O–H groups in total. The van der Waals surface area contributed by atoms with Crippen LogP contribution in [0.25, 0.3) is 0 Å². The standard InChI is InChI=1S/C17H24N2O3/c1-4-16(20)18-10-9-17(21)19-11-12-22-15-7-5-14(6-8-15)13(2)3/h4-8,13H,1,9-12H2,2-3H3,(H,18,20)(H,19,21). The molecule has 0 saturated carbocycles. The van der Waals surface area contributed by atoms with Crippen molar-refractivity contribution < 1.29 is 14.3 Å². The van der Waals surface area contributed by atoms with E-state index in [2.05, 4.69) is 31.1 Å². The Balaban J connectivity index is 2.15. The summed E-state index contributed by atoms with van der Waals surface area (Å²) in [7, 11) is 0. The molecule has 0 aliphatic rings. The van der Waals surface area contributed by atoms with Gasteiger partial charge in [0.15, 0.2) is 0 Å². The first-order valence-corrected chi connectivity index (χ1v) is 7.42. The monoisotopic (exact) mass is 304 g/mol. The van der Waals surface area contributed by atoms with Crippen LogP contribution < -0.4 is 15.4 Å². The van der Waals surface area contributed by atoms with Crippen LogP contribution >= 0.6 is 0 Å². The number of carbonyl (C=O) groups is 2. The van der Waals surface area contributed by atoms with Crippen molar-refractivity contribution in [3.8, 4) is 5.75 Å². The Morgan fingerprint density at radius 2 is 1.86 bits per heavy atom. The summed E-state index contributed by atoms with van der Waals surface area (Å²) < 4.78 is 5.55. The Morgan fingerprint density at radius 1 is 1.18 bits per heavy atom. The molecule has 120 valence electrons. The highest BCUT2D eigenvalue weighted by atomic mass is 16.5. The molecular formula is C17H24N2O3. The van der Waals surface area contributed by atoms with Gasteiger partial charge in [0.05, 0.1) is 6.54 Å². The molecule has 1 rings (SSSR count). The van der Waals surface area contributed by atoms with Crippen molar-refractivity contribution in [1.82, 2.24) is 10.6 Å². The summed E-state index contributed by atoms with van der Waals surface area (Å²) in [5, 5.41) is 5.28. The molecule has 0 fully saturated rings. The van der Waals surface area contributed by atoms with E-state index in [-0.39, 0.29) is 18.2 Å². The van der Waals surface area contributed by atoms with E-state index in [1.807, 2.05) is 24.3 Å². The van der Waals surface area contributed by atoms with Crippen molar-refractivity contribution in [2.45, 2.75) is 26.2 Å². The Morgan fingerprint density at radius 3 is 2.45 bits per heavy atom. The number of amides is 2. The van der Waals surface area contributed by atoms with E-state index < -0.39 is 0 Å². The summed E-state index contributed by atoms with van der Waals surface area (Å²) in [6, 6.07) is 7.95. The minimum Gasteiger partial charge on any atom is -0.492 e. The van der Waals surface area contributed by atoms with Gasteiger partial charge in [0.25, 0.3) is 0 Å². The van der Waals surface area contributed by atoms with Gasteiger partial charge in [0, 0.05) is 13.0 Å². The molecule has 0 saturated heterocycles. The summed E-state index contributed by atoms with van der Waals surface area (Å²) in [5.74, 6) is 0.885. The lowest BCUT2D eigenvalue weighted by molar-refractivity contribution is -0.121. The fraction of sp³-hybridized carbons (Fsp3) is 0.412. The lowest BCUT2D eigenvalue weighted by Gasteiger charge is -2.10. The van der Waals surface area contributed by atoms with E-state index in [9.17, 15) is 9.59 Å². The largest absolute Gasteiger partial charge is 0.492 e. The molecule has 0 radical (unpaired) electrons. The summed E-state index contributed by atoms with van der Waals surface area (Å²) in [4.78, 5) is 22.4. The molecule has 0 atom stereocenters. The maximum atomic E-state index is 11.5. The van der Waals surface area contributed by atoms with E-state index in [1.165, 1.54) is 11.6 Å². The van der Waals surface area contributed by atoms with Crippen molar-refractivity contribution in [2.24, 2.45) is 0 Å². The first-order chi connectivity index (χ1) is 10.5. The Kier molecular flexibility index (Phi) is 7.75. The van der Waals surface area contributed by atoms with Crippen molar-refractivity contribution in [3.05, 3.63) is 42.5 Å². The second kappa shape index (κ2) is 9.60. The molecule has 22 heavy (non-hydrogen) atoms. The van der Waals surface area contributed by atoms with E-state index in [0.29, 0.717) is 25.6 Å². The number of carbonyl (C=O) groups excluding carboxylic acids is 2. The molecule has 0 heterocycles. The molecule has 0 spiro atoms. The van der Waals surface area contributed by atoms with Gasteiger partial charge in [-0.2, -0.15) is 0 Å². The molecule has 1 aromatic rings. The highest BCUT2D eigenvalue weighted by Crippen LogP contribution is 2.18. The van der Waals surface area contributed by atoms with Crippen molar-refractivity contribution in [2.75, 3.05) is 19.7 Å². The maximum Gasteiger partial charge on any atom is 0.243 e. The topological polar surface area (TPSA) is 67.4 Å². The number of nitrogens with one attached hydrogen (secondary N) is 2. The second-order valence-corrected chi connectivity index (χ2v) is 5.17. The van der Waals surface area contributed by atoms with Crippen LogP contribution in [0.3, 0.4) is 0 Å². The first-order valence-electron chi connectivity index (χ1n) is 7.42. The average Bonchev–Trinajstić information content (AvgIpc) is 2.51. The highest BCUT2D eigenvalue weighted by Gasteiger charge is 2.02. The lowest BCUT2D eigenvalue weighted by Crippen LogP contribution is -2.32. The summed E-state index contributed by atoms with van der Waals surface area (Å²) >= 11 is 0. The van der Waals surface area contributed by atoms with Crippen LogP contribution in [0.1, 0.15) is 31.7 Å². The highest BCUT2D eigenvalue weighted by molar-refractivity contribution is 5.87. The zero-order valence-corrected chi connectivity index (χ0v) is 13.2. The van der Waals surface area contributed by atoms with Crippen LogP contribution in [0.5, 0.6) is 5.75 Å². The third kappa shape index (κ3) is 6.92. The van der Waals surface area contributed by atoms with Gasteiger partial charge in [0.1, 0.15) is 12.4 Å². The fourth-order valence-electron chi connectivity index (χ4n) is 1.77. The zero-order chi connectivity index (χ0) is 16.4. The molecule has 5 nitrogen and oxygen atoms in total. The van der Waals surface area contributed by atoms with E-state index in [1.54, 1.807) is 0 Å². The quantitative estimate of drug-likeness (QED) is 0.541. The molecular weight excluding hydrogens is 280 g/mol. The molecule has 0 unspecified atom stereocenters. The van der Waals surface area contributed by atoms with Crippen molar-refractivity contribution in [3.63, 3.8) is 0 Å². The molecule has 1 aromatic carbocycles. The van der Waals surface area contributed by atoms with Crippen LogP contribution in [-0.4, -0.2) is 31.5 Å². The van der Waals surface area contributed by atoms with E-state index >= 15 is 0 Å². The summed E-state index contributed by atoms with van der Waals surface area (Å²) in [5.41, 5.74) is 1.27. The van der Waals surface area contributed by atoms with Gasteiger partial charge in [-0.1, -0.05) is 32.6 Å². The maximum absolute atomic E-state index is 11.5. The predicted octanol–water partition coefficient (Wildman–Crippen LogP) is 2.00. The van der Waals surface area contributed by atoms with Gasteiger partial charge < -0.3 is 15.4 Å². The molecule has 2 amide bonds. The normalized spacial score (nSPS) is 10.1. The Labute approximate surface area is 131 Å². The van der Waals surface area contributed by atoms with Gasteiger partial charge in [-0.3, -0.25) is 9.59 Å². The van der Waals surface area contributed by atoms with Crippen LogP contribution in [0.4, 0.5) is 0 Å². The molecule has 0 aliphatic heterocycles. The van der Waals surface area contributed by atoms with Crippen molar-refractivity contribution in [1.29, 1.82) is 0 Å². The van der Waals surface area contributed by atoms with Crippen LogP contribution in [0.15, 0.2) is 36.9 Å². The molecule has 0 aliphatic carbocycles. The number of rotatable bonds is 9. The number of hydrogen-bond donors (Lipinski definition) is 2. The van der Waals surface area contributed by atoms with E-state index in [0.717, 1.165) is 5.75 Å². The third-order valence-electron chi connectivity index (χ3n) is 3.08. The first kappa shape index (κ1) is 17.8. The van der Waals surface area contributed by atoms with Gasteiger partial charge in [-0.25, -0.2) is 0 Å². The van der Waals surface area contributed by atoms with Crippen molar-refractivity contribution >= 4 is 11.8 Å². The number of hydrogen-bond acceptors (Lipinski definition) is 3. The summed E-state index contributed by atoms with van der Waals surface area (Å²) in [6.45, 7) is 8.76. The van der Waals surface area contributed by atoms with E-state index in [4.69, 9.17) is 4.74 Å². The van der Waals surface area contributed by atoms with Gasteiger partial charge >= 0.3 is 0 Å². The molecule has 5 heteroatoms. The Hall–Kier alpha value is -2.30.